The number of aryl methyl sites for hydroxylation is 1. The van der Waals surface area contributed by atoms with Gasteiger partial charge < -0.3 is 10.0 Å². The van der Waals surface area contributed by atoms with E-state index in [4.69, 9.17) is 5.11 Å². The lowest BCUT2D eigenvalue weighted by Crippen LogP contribution is -2.42. The van der Waals surface area contributed by atoms with Crippen LogP contribution in [-0.4, -0.2) is 34.6 Å². The number of nitrogens with zero attached hydrogens (tertiary/aromatic N) is 1. The second-order valence-corrected chi connectivity index (χ2v) is 6.20. The molecule has 1 saturated heterocycles. The van der Waals surface area contributed by atoms with Gasteiger partial charge in [0, 0.05) is 24.1 Å². The number of hydrogen-bond donors (Lipinski definition) is 1. The van der Waals surface area contributed by atoms with Gasteiger partial charge in [-0.1, -0.05) is 17.9 Å². The molecule has 1 heterocycles. The van der Waals surface area contributed by atoms with E-state index in [2.05, 4.69) is 25.7 Å². The fourth-order valence-electron chi connectivity index (χ4n) is 2.79. The van der Waals surface area contributed by atoms with Crippen LogP contribution in [0.5, 0.6) is 0 Å². The molecule has 2 rings (SSSR count). The van der Waals surface area contributed by atoms with E-state index in [0.717, 1.165) is 30.5 Å². The highest BCUT2D eigenvalue weighted by atomic mass is 16.2. The molecule has 0 aliphatic carbocycles. The van der Waals surface area contributed by atoms with E-state index in [1.807, 2.05) is 30.0 Å². The normalized spacial score (nSPS) is 16.5. The SMILES string of the molecule is Cc1ccc(C(=O)N2CCCC2(C)C)c(C#CCCO)c1. The van der Waals surface area contributed by atoms with Crippen LogP contribution in [0.2, 0.25) is 0 Å². The third kappa shape index (κ3) is 3.46. The zero-order valence-electron chi connectivity index (χ0n) is 13.1. The van der Waals surface area contributed by atoms with Crippen molar-refractivity contribution >= 4 is 5.91 Å². The van der Waals surface area contributed by atoms with Crippen molar-refractivity contribution < 1.29 is 9.90 Å². The van der Waals surface area contributed by atoms with Gasteiger partial charge >= 0.3 is 0 Å². The molecule has 0 saturated carbocycles. The van der Waals surface area contributed by atoms with Crippen molar-refractivity contribution in [3.63, 3.8) is 0 Å². The number of rotatable bonds is 2. The fourth-order valence-corrected chi connectivity index (χ4v) is 2.79. The first kappa shape index (κ1) is 15.6. The summed E-state index contributed by atoms with van der Waals surface area (Å²) in [6.45, 7) is 7.07. The predicted octanol–water partition coefficient (Wildman–Crippen LogP) is 2.74. The lowest BCUT2D eigenvalue weighted by Gasteiger charge is -2.32. The molecule has 0 bridgehead atoms. The minimum atomic E-state index is -0.0855. The standard InChI is InChI=1S/C18H23NO2/c1-14-8-9-16(15(13-14)7-4-5-12-20)17(21)19-11-6-10-18(19,2)3/h8-9,13,20H,5-6,10-12H2,1-3H3. The largest absolute Gasteiger partial charge is 0.395 e. The molecule has 1 aromatic rings. The first-order chi connectivity index (χ1) is 9.95. The van der Waals surface area contributed by atoms with E-state index in [0.29, 0.717) is 12.0 Å². The first-order valence-electron chi connectivity index (χ1n) is 7.48. The highest BCUT2D eigenvalue weighted by molar-refractivity contribution is 5.97. The lowest BCUT2D eigenvalue weighted by atomic mass is 9.99. The Morgan fingerprint density at radius 1 is 1.43 bits per heavy atom. The van der Waals surface area contributed by atoms with E-state index >= 15 is 0 Å². The highest BCUT2D eigenvalue weighted by Crippen LogP contribution is 2.30. The van der Waals surface area contributed by atoms with Crippen LogP contribution in [-0.2, 0) is 0 Å². The van der Waals surface area contributed by atoms with Crippen LogP contribution in [0.15, 0.2) is 18.2 Å². The molecule has 112 valence electrons. The summed E-state index contributed by atoms with van der Waals surface area (Å²) in [5, 5.41) is 8.84. The van der Waals surface area contributed by atoms with Crippen molar-refractivity contribution in [1.29, 1.82) is 0 Å². The molecule has 3 heteroatoms. The number of amides is 1. The number of aliphatic hydroxyl groups is 1. The summed E-state index contributed by atoms with van der Waals surface area (Å²) in [7, 11) is 0. The Balaban J connectivity index is 2.35. The molecule has 0 aromatic heterocycles. The average Bonchev–Trinajstić information content (AvgIpc) is 2.78. The van der Waals surface area contributed by atoms with Crippen LogP contribution in [0.25, 0.3) is 0 Å². The minimum absolute atomic E-state index is 0.0429. The number of likely N-dealkylation sites (tertiary alicyclic amines) is 1. The van der Waals surface area contributed by atoms with E-state index in [9.17, 15) is 4.79 Å². The third-order valence-corrected chi connectivity index (χ3v) is 4.01. The fraction of sp³-hybridized carbons (Fsp3) is 0.500. The van der Waals surface area contributed by atoms with Crippen LogP contribution in [0.1, 0.15) is 54.6 Å². The molecule has 1 aromatic carbocycles. The first-order valence-corrected chi connectivity index (χ1v) is 7.48. The second-order valence-electron chi connectivity index (χ2n) is 6.20. The topological polar surface area (TPSA) is 40.5 Å². The van der Waals surface area contributed by atoms with Crippen molar-refractivity contribution in [3.8, 4) is 11.8 Å². The second kappa shape index (κ2) is 6.32. The number of aliphatic hydroxyl groups excluding tert-OH is 1. The average molecular weight is 285 g/mol. The van der Waals surface area contributed by atoms with Gasteiger partial charge in [-0.15, -0.1) is 0 Å². The zero-order chi connectivity index (χ0) is 15.5. The maximum atomic E-state index is 12.8. The van der Waals surface area contributed by atoms with Crippen molar-refractivity contribution in [2.24, 2.45) is 0 Å². The molecule has 0 atom stereocenters. The van der Waals surface area contributed by atoms with Gasteiger partial charge in [-0.05, 0) is 51.3 Å². The molecule has 1 amide bonds. The molecule has 0 radical (unpaired) electrons. The summed E-state index contributed by atoms with van der Waals surface area (Å²) in [6, 6.07) is 5.77. The number of carbonyl (C=O) groups excluding carboxylic acids is 1. The summed E-state index contributed by atoms with van der Waals surface area (Å²) in [6.07, 6.45) is 2.52. The predicted molar refractivity (Wildman–Crippen MR) is 84.1 cm³/mol. The smallest absolute Gasteiger partial charge is 0.255 e. The van der Waals surface area contributed by atoms with Crippen LogP contribution in [0.3, 0.4) is 0 Å². The summed E-state index contributed by atoms with van der Waals surface area (Å²) >= 11 is 0. The van der Waals surface area contributed by atoms with Crippen LogP contribution >= 0.6 is 0 Å². The monoisotopic (exact) mass is 285 g/mol. The highest BCUT2D eigenvalue weighted by Gasteiger charge is 2.36. The van der Waals surface area contributed by atoms with Crippen molar-refractivity contribution in [2.45, 2.75) is 45.6 Å². The Kier molecular flexibility index (Phi) is 4.69. The molecular weight excluding hydrogens is 262 g/mol. The van der Waals surface area contributed by atoms with Gasteiger partial charge in [0.15, 0.2) is 0 Å². The number of carbonyl (C=O) groups is 1. The Morgan fingerprint density at radius 3 is 2.81 bits per heavy atom. The Hall–Kier alpha value is -1.79. The van der Waals surface area contributed by atoms with Crippen molar-refractivity contribution in [2.75, 3.05) is 13.2 Å². The molecule has 1 aliphatic heterocycles. The molecule has 21 heavy (non-hydrogen) atoms. The Morgan fingerprint density at radius 2 is 2.19 bits per heavy atom. The summed E-state index contributed by atoms with van der Waals surface area (Å²) in [5.41, 5.74) is 2.43. The molecule has 0 spiro atoms. The van der Waals surface area contributed by atoms with E-state index in [-0.39, 0.29) is 18.1 Å². The van der Waals surface area contributed by atoms with E-state index in [1.165, 1.54) is 0 Å². The molecule has 1 N–H and O–H groups in total. The number of benzene rings is 1. The van der Waals surface area contributed by atoms with Crippen LogP contribution in [0.4, 0.5) is 0 Å². The maximum absolute atomic E-state index is 12.8. The Labute approximate surface area is 127 Å². The van der Waals surface area contributed by atoms with Crippen molar-refractivity contribution in [1.82, 2.24) is 4.90 Å². The van der Waals surface area contributed by atoms with Crippen LogP contribution in [0, 0.1) is 18.8 Å². The molecule has 0 unspecified atom stereocenters. The zero-order valence-corrected chi connectivity index (χ0v) is 13.1. The Bertz CT molecular complexity index is 593. The molecule has 3 nitrogen and oxygen atoms in total. The summed E-state index contributed by atoms with van der Waals surface area (Å²) in [5.74, 6) is 6.00. The lowest BCUT2D eigenvalue weighted by molar-refractivity contribution is 0.0651. The molecule has 1 aliphatic rings. The van der Waals surface area contributed by atoms with Gasteiger partial charge in [0.1, 0.15) is 0 Å². The van der Waals surface area contributed by atoms with E-state index in [1.54, 1.807) is 0 Å². The van der Waals surface area contributed by atoms with Gasteiger partial charge in [-0.2, -0.15) is 0 Å². The summed E-state index contributed by atoms with van der Waals surface area (Å²) in [4.78, 5) is 14.8. The van der Waals surface area contributed by atoms with E-state index < -0.39 is 0 Å². The quantitative estimate of drug-likeness (QED) is 0.849. The third-order valence-electron chi connectivity index (χ3n) is 4.01. The van der Waals surface area contributed by atoms with Crippen molar-refractivity contribution in [3.05, 3.63) is 34.9 Å². The molecule has 1 fully saturated rings. The van der Waals surface area contributed by atoms with Gasteiger partial charge in [-0.3, -0.25) is 4.79 Å². The maximum Gasteiger partial charge on any atom is 0.255 e. The minimum Gasteiger partial charge on any atom is -0.395 e. The van der Waals surface area contributed by atoms with Crippen LogP contribution < -0.4 is 0 Å². The van der Waals surface area contributed by atoms with Gasteiger partial charge in [0.2, 0.25) is 0 Å². The van der Waals surface area contributed by atoms with Gasteiger partial charge in [-0.25, -0.2) is 0 Å². The van der Waals surface area contributed by atoms with Gasteiger partial charge in [0.25, 0.3) is 5.91 Å². The molecular formula is C18H23NO2. The van der Waals surface area contributed by atoms with Gasteiger partial charge in [0.05, 0.1) is 12.2 Å². The summed E-state index contributed by atoms with van der Waals surface area (Å²) < 4.78 is 0. The number of hydrogen-bond acceptors (Lipinski definition) is 2.